The first-order valence-electron chi connectivity index (χ1n) is 6.33. The molecule has 0 spiro atoms. The van der Waals surface area contributed by atoms with Gasteiger partial charge in [-0.25, -0.2) is 0 Å². The van der Waals surface area contributed by atoms with E-state index >= 15 is 0 Å². The highest BCUT2D eigenvalue weighted by Gasteiger charge is 2.33. The van der Waals surface area contributed by atoms with E-state index in [1.165, 1.54) is 0 Å². The zero-order chi connectivity index (χ0) is 13.5. The number of rotatable bonds is 6. The molecule has 0 aromatic heterocycles. The van der Waals surface area contributed by atoms with Gasteiger partial charge in [0, 0.05) is 30.9 Å². The third-order valence-electron chi connectivity index (χ3n) is 3.40. The van der Waals surface area contributed by atoms with Crippen LogP contribution in [0.2, 0.25) is 0 Å². The van der Waals surface area contributed by atoms with Crippen LogP contribution >= 0.6 is 0 Å². The van der Waals surface area contributed by atoms with Gasteiger partial charge in [-0.2, -0.15) is 0 Å². The molecule has 0 aliphatic heterocycles. The summed E-state index contributed by atoms with van der Waals surface area (Å²) in [5.41, 5.74) is 0. The fourth-order valence-electron chi connectivity index (χ4n) is 2.51. The minimum atomic E-state index is -1.11. The number of carbonyl (C=O) groups excluding carboxylic acids is 2. The van der Waals surface area contributed by atoms with Crippen LogP contribution in [-0.2, 0) is 9.59 Å². The highest BCUT2D eigenvalue weighted by atomic mass is 16.4. The fourth-order valence-corrected chi connectivity index (χ4v) is 2.51. The quantitative estimate of drug-likeness (QED) is 0.653. The van der Waals surface area contributed by atoms with Gasteiger partial charge in [0.1, 0.15) is 0 Å². The minimum absolute atomic E-state index is 0.122. The number of hydrogen-bond acceptors (Lipinski definition) is 3. The molecule has 4 heteroatoms. The lowest BCUT2D eigenvalue weighted by molar-refractivity contribution is -0.314. The first-order valence-corrected chi connectivity index (χ1v) is 6.33. The van der Waals surface area contributed by atoms with Gasteiger partial charge in [0.05, 0.1) is 0 Å². The van der Waals surface area contributed by atoms with Crippen LogP contribution in [0.5, 0.6) is 0 Å². The molecule has 2 atom stereocenters. The Morgan fingerprint density at radius 2 is 1.61 bits per heavy atom. The molecule has 1 saturated carbocycles. The molecule has 4 nitrogen and oxygen atoms in total. The van der Waals surface area contributed by atoms with E-state index < -0.39 is 17.8 Å². The Bertz CT molecular complexity index is 328. The van der Waals surface area contributed by atoms with Gasteiger partial charge in [-0.15, -0.1) is 13.2 Å². The first kappa shape index (κ1) is 14.5. The standard InChI is InChI=1S/C14H21NO3/c1-3-9-15(10-4-2)13(16)11-7-5-6-8-12(11)14(17)18/h3-4,11-12H,1-2,5-10H2,(H,17,18)/p-1/t11-,12-/m1/s1. The predicted octanol–water partition coefficient (Wildman–Crippen LogP) is 0.743. The van der Waals surface area contributed by atoms with Crippen molar-refractivity contribution >= 4 is 11.9 Å². The highest BCUT2D eigenvalue weighted by molar-refractivity contribution is 5.84. The smallest absolute Gasteiger partial charge is 0.226 e. The summed E-state index contributed by atoms with van der Waals surface area (Å²) in [5.74, 6) is -2.33. The van der Waals surface area contributed by atoms with Crippen molar-refractivity contribution < 1.29 is 14.7 Å². The number of hydrogen-bond donors (Lipinski definition) is 0. The zero-order valence-electron chi connectivity index (χ0n) is 10.6. The number of nitrogens with zero attached hydrogens (tertiary/aromatic N) is 1. The largest absolute Gasteiger partial charge is 0.550 e. The van der Waals surface area contributed by atoms with Crippen molar-refractivity contribution in [3.05, 3.63) is 25.3 Å². The van der Waals surface area contributed by atoms with Crippen LogP contribution in [0, 0.1) is 11.8 Å². The van der Waals surface area contributed by atoms with Crippen LogP contribution in [0.1, 0.15) is 25.7 Å². The highest BCUT2D eigenvalue weighted by Crippen LogP contribution is 2.31. The lowest BCUT2D eigenvalue weighted by Crippen LogP contribution is -2.46. The second kappa shape index (κ2) is 6.99. The molecule has 0 heterocycles. The monoisotopic (exact) mass is 250 g/mol. The third kappa shape index (κ3) is 3.45. The summed E-state index contributed by atoms with van der Waals surface area (Å²) in [6, 6.07) is 0. The molecule has 1 rings (SSSR count). The summed E-state index contributed by atoms with van der Waals surface area (Å²) in [6.45, 7) is 8.05. The normalized spacial score (nSPS) is 23.1. The molecule has 0 aromatic rings. The van der Waals surface area contributed by atoms with Gasteiger partial charge >= 0.3 is 0 Å². The van der Waals surface area contributed by atoms with E-state index in [9.17, 15) is 14.7 Å². The second-order valence-corrected chi connectivity index (χ2v) is 4.64. The Morgan fingerprint density at radius 1 is 1.11 bits per heavy atom. The lowest BCUT2D eigenvalue weighted by atomic mass is 9.78. The Morgan fingerprint density at radius 3 is 2.06 bits per heavy atom. The Hall–Kier alpha value is -1.58. The number of aliphatic carboxylic acids is 1. The maximum atomic E-state index is 12.3. The van der Waals surface area contributed by atoms with E-state index in [0.717, 1.165) is 12.8 Å². The molecular weight excluding hydrogens is 230 g/mol. The number of carboxylic acids is 1. The fraction of sp³-hybridized carbons (Fsp3) is 0.571. The van der Waals surface area contributed by atoms with Crippen molar-refractivity contribution in [1.29, 1.82) is 0 Å². The molecule has 0 aromatic carbocycles. The molecule has 0 bridgehead atoms. The first-order chi connectivity index (χ1) is 8.61. The van der Waals surface area contributed by atoms with Crippen molar-refractivity contribution in [2.24, 2.45) is 11.8 Å². The summed E-state index contributed by atoms with van der Waals surface area (Å²) >= 11 is 0. The van der Waals surface area contributed by atoms with Gasteiger partial charge < -0.3 is 14.8 Å². The van der Waals surface area contributed by atoms with Crippen molar-refractivity contribution in [2.45, 2.75) is 25.7 Å². The van der Waals surface area contributed by atoms with Gasteiger partial charge in [-0.3, -0.25) is 4.79 Å². The number of carboxylic acid groups (broad SMARTS) is 1. The van der Waals surface area contributed by atoms with E-state index in [4.69, 9.17) is 0 Å². The van der Waals surface area contributed by atoms with E-state index in [-0.39, 0.29) is 5.91 Å². The van der Waals surface area contributed by atoms with E-state index in [1.54, 1.807) is 17.1 Å². The van der Waals surface area contributed by atoms with E-state index in [0.29, 0.717) is 25.9 Å². The van der Waals surface area contributed by atoms with Crippen molar-refractivity contribution in [2.75, 3.05) is 13.1 Å². The van der Waals surface area contributed by atoms with Gasteiger partial charge in [0.15, 0.2) is 0 Å². The molecule has 0 radical (unpaired) electrons. The average molecular weight is 250 g/mol. The van der Waals surface area contributed by atoms with Crippen LogP contribution in [0.4, 0.5) is 0 Å². The Kier molecular flexibility index (Phi) is 5.62. The number of amides is 1. The average Bonchev–Trinajstić information content (AvgIpc) is 2.37. The molecule has 1 amide bonds. The maximum absolute atomic E-state index is 12.3. The molecule has 100 valence electrons. The molecule has 1 aliphatic carbocycles. The lowest BCUT2D eigenvalue weighted by Gasteiger charge is -2.34. The van der Waals surface area contributed by atoms with Gasteiger partial charge in [-0.1, -0.05) is 25.0 Å². The van der Waals surface area contributed by atoms with Gasteiger partial charge in [0.2, 0.25) is 5.91 Å². The minimum Gasteiger partial charge on any atom is -0.550 e. The summed E-state index contributed by atoms with van der Waals surface area (Å²) in [4.78, 5) is 25.0. The van der Waals surface area contributed by atoms with Crippen molar-refractivity contribution in [3.63, 3.8) is 0 Å². The van der Waals surface area contributed by atoms with Gasteiger partial charge in [0.25, 0.3) is 0 Å². The van der Waals surface area contributed by atoms with Crippen LogP contribution in [0.15, 0.2) is 25.3 Å². The van der Waals surface area contributed by atoms with Crippen LogP contribution in [0.3, 0.4) is 0 Å². The summed E-state index contributed by atoms with van der Waals surface area (Å²) in [5, 5.41) is 11.1. The summed E-state index contributed by atoms with van der Waals surface area (Å²) < 4.78 is 0. The maximum Gasteiger partial charge on any atom is 0.226 e. The molecule has 1 aliphatic rings. The van der Waals surface area contributed by atoms with E-state index in [1.807, 2.05) is 0 Å². The molecule has 0 unspecified atom stereocenters. The summed E-state index contributed by atoms with van der Waals surface area (Å²) in [6.07, 6.45) is 6.19. The summed E-state index contributed by atoms with van der Waals surface area (Å²) in [7, 11) is 0. The number of carbonyl (C=O) groups is 2. The SMILES string of the molecule is C=CCN(CC=C)C(=O)[C@@H]1CCCC[C@H]1C(=O)[O-]. The van der Waals surface area contributed by atoms with Crippen LogP contribution in [-0.4, -0.2) is 29.9 Å². The van der Waals surface area contributed by atoms with Gasteiger partial charge in [-0.05, 0) is 12.8 Å². The topological polar surface area (TPSA) is 60.4 Å². The zero-order valence-corrected chi connectivity index (χ0v) is 10.6. The Balaban J connectivity index is 2.79. The Labute approximate surface area is 108 Å². The van der Waals surface area contributed by atoms with Crippen LogP contribution < -0.4 is 5.11 Å². The molecule has 1 fully saturated rings. The molecule has 0 saturated heterocycles. The van der Waals surface area contributed by atoms with E-state index in [2.05, 4.69) is 13.2 Å². The van der Waals surface area contributed by atoms with Crippen LogP contribution in [0.25, 0.3) is 0 Å². The predicted molar refractivity (Wildman–Crippen MR) is 67.4 cm³/mol. The molecule has 18 heavy (non-hydrogen) atoms. The van der Waals surface area contributed by atoms with Crippen molar-refractivity contribution in [3.8, 4) is 0 Å². The molecular formula is C14H20NO3-. The third-order valence-corrected chi connectivity index (χ3v) is 3.40. The van der Waals surface area contributed by atoms with Crippen molar-refractivity contribution in [1.82, 2.24) is 4.90 Å². The second-order valence-electron chi connectivity index (χ2n) is 4.64. The molecule has 0 N–H and O–H groups in total.